The quantitative estimate of drug-likeness (QED) is 0.778. The predicted molar refractivity (Wildman–Crippen MR) is 102 cm³/mol. The fourth-order valence-corrected chi connectivity index (χ4v) is 4.90. The number of carbonyl (C=O) groups excluding carboxylic acids is 1. The molecule has 0 saturated carbocycles. The summed E-state index contributed by atoms with van der Waals surface area (Å²) in [7, 11) is -3.74. The second-order valence-electron chi connectivity index (χ2n) is 7.31. The van der Waals surface area contributed by atoms with Crippen molar-refractivity contribution in [1.29, 1.82) is 0 Å². The molecule has 1 aromatic heterocycles. The molecule has 0 spiro atoms. The van der Waals surface area contributed by atoms with Crippen LogP contribution >= 0.6 is 0 Å². The van der Waals surface area contributed by atoms with Gasteiger partial charge in [-0.15, -0.1) is 0 Å². The molecule has 4 rings (SSSR count). The van der Waals surface area contributed by atoms with E-state index in [2.05, 4.69) is 4.98 Å². The van der Waals surface area contributed by atoms with E-state index in [9.17, 15) is 13.2 Å². The van der Waals surface area contributed by atoms with Crippen molar-refractivity contribution in [3.05, 3.63) is 35.5 Å². The van der Waals surface area contributed by atoms with Crippen molar-refractivity contribution in [3.63, 3.8) is 0 Å². The van der Waals surface area contributed by atoms with E-state index in [0.29, 0.717) is 49.1 Å². The van der Waals surface area contributed by atoms with Crippen LogP contribution in [0.25, 0.3) is 0 Å². The number of rotatable bonds is 3. The summed E-state index contributed by atoms with van der Waals surface area (Å²) < 4.78 is 39.2. The number of ether oxygens (including phenoxy) is 1. The van der Waals surface area contributed by atoms with Gasteiger partial charge in [0.15, 0.2) is 5.89 Å². The van der Waals surface area contributed by atoms with Crippen LogP contribution in [-0.2, 0) is 27.8 Å². The monoisotopic (exact) mass is 405 g/mol. The molecule has 0 atom stereocenters. The average molecular weight is 405 g/mol. The highest BCUT2D eigenvalue weighted by Gasteiger charge is 2.33. The molecule has 1 amide bonds. The fraction of sp³-hybridized carbons (Fsp3) is 0.474. The van der Waals surface area contributed by atoms with Crippen molar-refractivity contribution in [2.24, 2.45) is 0 Å². The Kier molecular flexibility index (Phi) is 4.67. The van der Waals surface area contributed by atoms with Gasteiger partial charge in [0, 0.05) is 25.8 Å². The van der Waals surface area contributed by atoms with Crippen molar-refractivity contribution < 1.29 is 22.4 Å². The zero-order valence-corrected chi connectivity index (χ0v) is 17.0. The lowest BCUT2D eigenvalue weighted by atomic mass is 10.2. The van der Waals surface area contributed by atoms with Gasteiger partial charge in [0.2, 0.25) is 15.9 Å². The molecule has 1 aromatic carbocycles. The molecule has 2 aliphatic rings. The first-order valence-electron chi connectivity index (χ1n) is 9.31. The maximum atomic E-state index is 13.2. The molecule has 2 aliphatic heterocycles. The van der Waals surface area contributed by atoms with Gasteiger partial charge in [0.25, 0.3) is 0 Å². The molecular formula is C19H23N3O5S. The minimum absolute atomic E-state index is 0.138. The molecule has 28 heavy (non-hydrogen) atoms. The summed E-state index contributed by atoms with van der Waals surface area (Å²) in [5.74, 6) is 1.91. The number of benzene rings is 1. The lowest BCUT2D eigenvalue weighted by molar-refractivity contribution is -0.116. The molecule has 0 unspecified atom stereocenters. The van der Waals surface area contributed by atoms with Crippen LogP contribution in [0.2, 0.25) is 0 Å². The van der Waals surface area contributed by atoms with Crippen LogP contribution < -0.4 is 9.64 Å². The first-order chi connectivity index (χ1) is 13.3. The van der Waals surface area contributed by atoms with E-state index in [1.807, 2.05) is 13.8 Å². The van der Waals surface area contributed by atoms with Crippen LogP contribution in [0.3, 0.4) is 0 Å². The Morgan fingerprint density at radius 3 is 2.75 bits per heavy atom. The van der Waals surface area contributed by atoms with Crippen molar-refractivity contribution >= 4 is 21.6 Å². The lowest BCUT2D eigenvalue weighted by Gasteiger charge is -2.30. The number of carbonyl (C=O) groups is 1. The third-order valence-corrected chi connectivity index (χ3v) is 6.86. The van der Waals surface area contributed by atoms with Crippen LogP contribution in [-0.4, -0.2) is 43.3 Å². The maximum absolute atomic E-state index is 13.2. The number of hydrogen-bond acceptors (Lipinski definition) is 6. The van der Waals surface area contributed by atoms with Crippen LogP contribution in [0.15, 0.2) is 27.5 Å². The topological polar surface area (TPSA) is 93.0 Å². The SMILES string of the molecule is CC(=O)N1CCOc2ccc(S(=O)(=O)N3CCc4oc(C(C)C)nc4C3)cc21. The maximum Gasteiger partial charge on any atom is 0.243 e. The molecule has 150 valence electrons. The van der Waals surface area contributed by atoms with Gasteiger partial charge in [-0.05, 0) is 18.2 Å². The van der Waals surface area contributed by atoms with Gasteiger partial charge in [-0.2, -0.15) is 4.31 Å². The zero-order chi connectivity index (χ0) is 20.1. The number of hydrogen-bond donors (Lipinski definition) is 0. The van der Waals surface area contributed by atoms with Gasteiger partial charge >= 0.3 is 0 Å². The number of nitrogens with zero attached hydrogens (tertiary/aromatic N) is 3. The number of oxazole rings is 1. The second-order valence-corrected chi connectivity index (χ2v) is 9.25. The normalized spacial score (nSPS) is 17.2. The van der Waals surface area contributed by atoms with Crippen molar-refractivity contribution in [2.45, 2.75) is 44.6 Å². The summed E-state index contributed by atoms with van der Waals surface area (Å²) in [5, 5.41) is 0. The van der Waals surface area contributed by atoms with E-state index in [1.165, 1.54) is 23.4 Å². The Hall–Kier alpha value is -2.39. The molecule has 0 bridgehead atoms. The molecule has 8 nitrogen and oxygen atoms in total. The zero-order valence-electron chi connectivity index (χ0n) is 16.1. The molecular weight excluding hydrogens is 382 g/mol. The smallest absolute Gasteiger partial charge is 0.243 e. The molecule has 0 fully saturated rings. The van der Waals surface area contributed by atoms with Gasteiger partial charge < -0.3 is 14.1 Å². The van der Waals surface area contributed by atoms with E-state index in [1.54, 1.807) is 11.0 Å². The Balaban J connectivity index is 1.65. The van der Waals surface area contributed by atoms with E-state index < -0.39 is 10.0 Å². The molecule has 2 aromatic rings. The summed E-state index contributed by atoms with van der Waals surface area (Å²) >= 11 is 0. The molecule has 0 saturated heterocycles. The molecule has 0 N–H and O–H groups in total. The number of aromatic nitrogens is 1. The van der Waals surface area contributed by atoms with Gasteiger partial charge in [-0.1, -0.05) is 13.8 Å². The van der Waals surface area contributed by atoms with Crippen LogP contribution in [0.1, 0.15) is 44.0 Å². The third-order valence-electron chi connectivity index (χ3n) is 5.01. The van der Waals surface area contributed by atoms with Gasteiger partial charge in [0.05, 0.1) is 29.4 Å². The Morgan fingerprint density at radius 1 is 1.25 bits per heavy atom. The summed E-state index contributed by atoms with van der Waals surface area (Å²) in [5.41, 5.74) is 1.16. The van der Waals surface area contributed by atoms with Crippen LogP contribution in [0, 0.1) is 0 Å². The molecule has 0 aliphatic carbocycles. The first-order valence-corrected chi connectivity index (χ1v) is 10.7. The average Bonchev–Trinajstić information content (AvgIpc) is 3.10. The van der Waals surface area contributed by atoms with E-state index >= 15 is 0 Å². The predicted octanol–water partition coefficient (Wildman–Crippen LogP) is 2.29. The molecule has 0 radical (unpaired) electrons. The van der Waals surface area contributed by atoms with Crippen molar-refractivity contribution in [2.75, 3.05) is 24.6 Å². The van der Waals surface area contributed by atoms with Gasteiger partial charge in [0.1, 0.15) is 18.1 Å². The van der Waals surface area contributed by atoms with Crippen molar-refractivity contribution in [1.82, 2.24) is 9.29 Å². The highest BCUT2D eigenvalue weighted by atomic mass is 32.2. The number of amides is 1. The van der Waals surface area contributed by atoms with Crippen LogP contribution in [0.5, 0.6) is 5.75 Å². The Morgan fingerprint density at radius 2 is 2.04 bits per heavy atom. The number of fused-ring (bicyclic) bond motifs is 2. The van der Waals surface area contributed by atoms with E-state index in [0.717, 1.165) is 5.76 Å². The number of sulfonamides is 1. The summed E-state index contributed by atoms with van der Waals surface area (Å²) in [6, 6.07) is 4.65. The molecule has 3 heterocycles. The minimum Gasteiger partial charge on any atom is -0.490 e. The highest BCUT2D eigenvalue weighted by molar-refractivity contribution is 7.89. The van der Waals surface area contributed by atoms with Gasteiger partial charge in [-0.25, -0.2) is 13.4 Å². The van der Waals surface area contributed by atoms with Gasteiger partial charge in [-0.3, -0.25) is 4.79 Å². The largest absolute Gasteiger partial charge is 0.490 e. The summed E-state index contributed by atoms with van der Waals surface area (Å²) in [4.78, 5) is 18.1. The Bertz CT molecular complexity index is 1030. The fourth-order valence-electron chi connectivity index (χ4n) is 3.48. The third kappa shape index (κ3) is 3.18. The highest BCUT2D eigenvalue weighted by Crippen LogP contribution is 2.35. The van der Waals surface area contributed by atoms with E-state index in [-0.39, 0.29) is 23.3 Å². The minimum atomic E-state index is -3.74. The summed E-state index contributed by atoms with van der Waals surface area (Å²) in [6.07, 6.45) is 0.488. The lowest BCUT2D eigenvalue weighted by Crippen LogP contribution is -2.37. The standard InChI is InChI=1S/C19H23N3O5S/c1-12(2)19-20-15-11-21(7-6-17(15)27-19)28(24,25)14-4-5-18-16(10-14)22(13(3)23)8-9-26-18/h4-5,10,12H,6-9,11H2,1-3H3. The Labute approximate surface area is 164 Å². The van der Waals surface area contributed by atoms with Crippen LogP contribution in [0.4, 0.5) is 5.69 Å². The molecule has 9 heteroatoms. The second kappa shape index (κ2) is 6.89. The first kappa shape index (κ1) is 18.9. The summed E-state index contributed by atoms with van der Waals surface area (Å²) in [6.45, 7) is 6.72. The van der Waals surface area contributed by atoms with Crippen molar-refractivity contribution in [3.8, 4) is 5.75 Å². The number of anilines is 1. The van der Waals surface area contributed by atoms with E-state index in [4.69, 9.17) is 9.15 Å².